The summed E-state index contributed by atoms with van der Waals surface area (Å²) >= 11 is 0. The summed E-state index contributed by atoms with van der Waals surface area (Å²) in [6.45, 7) is 9.58. The first-order valence-corrected chi connectivity index (χ1v) is 11.6. The molecule has 4 heterocycles. The summed E-state index contributed by atoms with van der Waals surface area (Å²) in [5.41, 5.74) is 8.46. The number of nitrogens with one attached hydrogen (secondary N) is 2. The molecule has 5 rings (SSSR count). The first-order valence-electron chi connectivity index (χ1n) is 11.6. The molecule has 33 heavy (non-hydrogen) atoms. The quantitative estimate of drug-likeness (QED) is 0.535. The SMILES string of the molecule is C=C(Nc1ccc(CN(C)C)nc1)C1(C)Nc2ccc(-c3cncc(N4CCCC4)c3)cc21. The lowest BCUT2D eigenvalue weighted by atomic mass is 9.79. The lowest BCUT2D eigenvalue weighted by Crippen LogP contribution is -2.44. The van der Waals surface area contributed by atoms with E-state index in [9.17, 15) is 0 Å². The smallest absolute Gasteiger partial charge is 0.101 e. The summed E-state index contributed by atoms with van der Waals surface area (Å²) in [5.74, 6) is 0. The molecule has 170 valence electrons. The highest BCUT2D eigenvalue weighted by Gasteiger charge is 2.40. The topological polar surface area (TPSA) is 56.3 Å². The van der Waals surface area contributed by atoms with E-state index in [-0.39, 0.29) is 5.54 Å². The van der Waals surface area contributed by atoms with Gasteiger partial charge in [0.25, 0.3) is 0 Å². The molecule has 0 bridgehead atoms. The van der Waals surface area contributed by atoms with Crippen LogP contribution in [0.5, 0.6) is 0 Å². The molecule has 3 aromatic rings. The van der Waals surface area contributed by atoms with Gasteiger partial charge in [0.15, 0.2) is 0 Å². The molecule has 1 aromatic carbocycles. The second kappa shape index (κ2) is 8.52. The first-order chi connectivity index (χ1) is 15.9. The third-order valence-electron chi connectivity index (χ3n) is 6.67. The van der Waals surface area contributed by atoms with E-state index in [1.807, 2.05) is 32.7 Å². The molecular formula is C27H32N6. The molecular weight excluding hydrogens is 408 g/mol. The largest absolute Gasteiger partial charge is 0.370 e. The van der Waals surface area contributed by atoms with Crippen LogP contribution in [0.4, 0.5) is 17.1 Å². The average Bonchev–Trinajstić information content (AvgIpc) is 3.34. The fourth-order valence-electron chi connectivity index (χ4n) is 4.71. The fourth-order valence-corrected chi connectivity index (χ4v) is 4.71. The van der Waals surface area contributed by atoms with Crippen molar-refractivity contribution >= 4 is 17.1 Å². The summed E-state index contributed by atoms with van der Waals surface area (Å²) in [5, 5.41) is 7.04. The van der Waals surface area contributed by atoms with Gasteiger partial charge >= 0.3 is 0 Å². The van der Waals surface area contributed by atoms with E-state index in [2.05, 4.69) is 80.3 Å². The van der Waals surface area contributed by atoms with E-state index < -0.39 is 0 Å². The number of anilines is 3. The number of pyridine rings is 2. The highest BCUT2D eigenvalue weighted by Crippen LogP contribution is 2.47. The van der Waals surface area contributed by atoms with Crippen LogP contribution in [0.2, 0.25) is 0 Å². The maximum Gasteiger partial charge on any atom is 0.101 e. The molecule has 2 aliphatic rings. The number of hydrogen-bond acceptors (Lipinski definition) is 6. The Kier molecular flexibility index (Phi) is 5.54. The van der Waals surface area contributed by atoms with Crippen LogP contribution < -0.4 is 15.5 Å². The molecule has 1 unspecified atom stereocenters. The normalized spacial score (nSPS) is 19.1. The van der Waals surface area contributed by atoms with Gasteiger partial charge in [-0.15, -0.1) is 0 Å². The first kappa shape index (κ1) is 21.5. The van der Waals surface area contributed by atoms with Gasteiger partial charge in [0, 0.05) is 48.3 Å². The second-order valence-electron chi connectivity index (χ2n) is 9.52. The van der Waals surface area contributed by atoms with E-state index >= 15 is 0 Å². The Morgan fingerprint density at radius 3 is 2.64 bits per heavy atom. The van der Waals surface area contributed by atoms with Gasteiger partial charge in [0.1, 0.15) is 5.54 Å². The van der Waals surface area contributed by atoms with E-state index in [0.717, 1.165) is 48.0 Å². The zero-order valence-electron chi connectivity index (χ0n) is 19.7. The zero-order valence-corrected chi connectivity index (χ0v) is 19.7. The highest BCUT2D eigenvalue weighted by molar-refractivity contribution is 5.78. The van der Waals surface area contributed by atoms with Gasteiger partial charge in [0.2, 0.25) is 0 Å². The Morgan fingerprint density at radius 2 is 1.91 bits per heavy atom. The van der Waals surface area contributed by atoms with E-state index in [1.165, 1.54) is 29.7 Å². The lowest BCUT2D eigenvalue weighted by molar-refractivity contribution is 0.397. The van der Waals surface area contributed by atoms with Crippen molar-refractivity contribution in [2.75, 3.05) is 42.7 Å². The van der Waals surface area contributed by atoms with Crippen molar-refractivity contribution < 1.29 is 0 Å². The number of hydrogen-bond donors (Lipinski definition) is 2. The van der Waals surface area contributed by atoms with Gasteiger partial charge in [-0.1, -0.05) is 12.6 Å². The van der Waals surface area contributed by atoms with Crippen molar-refractivity contribution in [1.82, 2.24) is 14.9 Å². The lowest BCUT2D eigenvalue weighted by Gasteiger charge is -2.45. The molecule has 1 fully saturated rings. The number of rotatable bonds is 7. The minimum atomic E-state index is -0.354. The van der Waals surface area contributed by atoms with Crippen LogP contribution in [0.3, 0.4) is 0 Å². The van der Waals surface area contributed by atoms with Crippen LogP contribution >= 0.6 is 0 Å². The van der Waals surface area contributed by atoms with Crippen molar-refractivity contribution in [3.8, 4) is 11.1 Å². The molecule has 0 aliphatic carbocycles. The minimum Gasteiger partial charge on any atom is -0.370 e. The van der Waals surface area contributed by atoms with Gasteiger partial charge in [-0.05, 0) is 69.8 Å². The van der Waals surface area contributed by atoms with Crippen LogP contribution in [-0.2, 0) is 12.1 Å². The average molecular weight is 441 g/mol. The summed E-state index contributed by atoms with van der Waals surface area (Å²) < 4.78 is 0. The van der Waals surface area contributed by atoms with Gasteiger partial charge in [-0.25, -0.2) is 0 Å². The number of fused-ring (bicyclic) bond motifs is 1. The van der Waals surface area contributed by atoms with Crippen molar-refractivity contribution in [2.45, 2.75) is 31.8 Å². The Bertz CT molecular complexity index is 1160. The molecule has 6 nitrogen and oxygen atoms in total. The molecule has 0 saturated carbocycles. The summed E-state index contributed by atoms with van der Waals surface area (Å²) in [6.07, 6.45) is 8.33. The number of nitrogens with zero attached hydrogens (tertiary/aromatic N) is 4. The summed E-state index contributed by atoms with van der Waals surface area (Å²) in [6, 6.07) is 13.0. The Morgan fingerprint density at radius 1 is 1.09 bits per heavy atom. The minimum absolute atomic E-state index is 0.354. The Hall–Kier alpha value is -3.38. The summed E-state index contributed by atoms with van der Waals surface area (Å²) in [7, 11) is 4.09. The molecule has 6 heteroatoms. The predicted molar refractivity (Wildman–Crippen MR) is 136 cm³/mol. The Labute approximate surface area is 196 Å². The van der Waals surface area contributed by atoms with Crippen LogP contribution in [0.1, 0.15) is 31.0 Å². The van der Waals surface area contributed by atoms with Gasteiger partial charge in [0.05, 0.1) is 29.5 Å². The van der Waals surface area contributed by atoms with Crippen LogP contribution in [-0.4, -0.2) is 42.1 Å². The molecule has 2 N–H and O–H groups in total. The van der Waals surface area contributed by atoms with Crippen LogP contribution in [0.25, 0.3) is 11.1 Å². The Balaban J connectivity index is 1.34. The van der Waals surface area contributed by atoms with Crippen molar-refractivity contribution in [2.24, 2.45) is 0 Å². The third-order valence-corrected chi connectivity index (χ3v) is 6.67. The van der Waals surface area contributed by atoms with Crippen LogP contribution in [0.15, 0.2) is 67.3 Å². The molecule has 1 atom stereocenters. The fraction of sp³-hybridized carbons (Fsp3) is 0.333. The van der Waals surface area contributed by atoms with Crippen molar-refractivity contribution in [3.63, 3.8) is 0 Å². The van der Waals surface area contributed by atoms with Gasteiger partial charge in [-0.3, -0.25) is 9.97 Å². The maximum absolute atomic E-state index is 4.56. The predicted octanol–water partition coefficient (Wildman–Crippen LogP) is 5.07. The zero-order chi connectivity index (χ0) is 23.0. The number of benzene rings is 1. The maximum atomic E-state index is 4.56. The van der Waals surface area contributed by atoms with Crippen LogP contribution in [0, 0.1) is 0 Å². The molecule has 2 aliphatic heterocycles. The summed E-state index contributed by atoms with van der Waals surface area (Å²) in [4.78, 5) is 13.6. The van der Waals surface area contributed by atoms with E-state index in [4.69, 9.17) is 0 Å². The van der Waals surface area contributed by atoms with E-state index in [0.29, 0.717) is 0 Å². The molecule has 1 saturated heterocycles. The molecule has 0 spiro atoms. The van der Waals surface area contributed by atoms with Gasteiger partial charge in [-0.2, -0.15) is 0 Å². The molecule has 0 amide bonds. The monoisotopic (exact) mass is 440 g/mol. The van der Waals surface area contributed by atoms with Crippen molar-refractivity contribution in [3.05, 3.63) is 78.5 Å². The molecule has 0 radical (unpaired) electrons. The van der Waals surface area contributed by atoms with E-state index in [1.54, 1.807) is 0 Å². The third kappa shape index (κ3) is 4.18. The number of aromatic nitrogens is 2. The van der Waals surface area contributed by atoms with Crippen molar-refractivity contribution in [1.29, 1.82) is 0 Å². The second-order valence-corrected chi connectivity index (χ2v) is 9.52. The highest BCUT2D eigenvalue weighted by atomic mass is 15.1. The molecule has 2 aromatic heterocycles. The van der Waals surface area contributed by atoms with Gasteiger partial charge < -0.3 is 20.4 Å². The standard InChI is InChI=1S/C27H32N6/c1-19(30-22-8-9-23(29-16-22)18-32(3)4)27(2)25-14-20(7-10-26(25)31-27)21-13-24(17-28-15-21)33-11-5-6-12-33/h7-10,13-17,30-31H,1,5-6,11-12,18H2,2-4H3.